The van der Waals surface area contributed by atoms with Crippen molar-refractivity contribution < 1.29 is 23.8 Å². The Kier molecular flexibility index (Phi) is 6.99. The number of carbonyl (C=O) groups is 2. The van der Waals surface area contributed by atoms with E-state index in [0.717, 1.165) is 0 Å². The summed E-state index contributed by atoms with van der Waals surface area (Å²) in [4.78, 5) is 40.5. The number of hydrogen-bond donors (Lipinski definition) is 3. The number of rotatable bonds is 8. The number of aromatic nitrogens is 2. The van der Waals surface area contributed by atoms with Gasteiger partial charge in [-0.15, -0.1) is 0 Å². The Balaban J connectivity index is 1.57. The van der Waals surface area contributed by atoms with Crippen LogP contribution in [0, 0.1) is 0 Å². The van der Waals surface area contributed by atoms with Crippen LogP contribution in [0.4, 0.5) is 5.69 Å². The number of carbonyl (C=O) groups excluding carboxylic acids is 2. The number of amides is 1. The van der Waals surface area contributed by atoms with E-state index in [-0.39, 0.29) is 5.69 Å². The molecule has 0 radical (unpaired) electrons. The van der Waals surface area contributed by atoms with Crippen LogP contribution >= 0.6 is 11.6 Å². The second-order valence-corrected chi connectivity index (χ2v) is 6.70. The highest BCUT2D eigenvalue weighted by Crippen LogP contribution is 2.36. The van der Waals surface area contributed by atoms with Crippen LogP contribution in [0.1, 0.15) is 12.5 Å². The number of ether oxygens (including phenoxy) is 3. The minimum Gasteiger partial charge on any atom is -0.491 e. The van der Waals surface area contributed by atoms with Gasteiger partial charge >= 0.3 is 11.7 Å². The summed E-state index contributed by atoms with van der Waals surface area (Å²) in [6, 6.07) is 8.15. The van der Waals surface area contributed by atoms with E-state index in [1.807, 2.05) is 6.92 Å². The molecule has 0 saturated heterocycles. The summed E-state index contributed by atoms with van der Waals surface area (Å²) < 4.78 is 15.6. The molecule has 3 aromatic rings. The van der Waals surface area contributed by atoms with Crippen molar-refractivity contribution in [2.45, 2.75) is 6.92 Å². The number of halogens is 1. The fourth-order valence-corrected chi connectivity index (χ4v) is 3.10. The summed E-state index contributed by atoms with van der Waals surface area (Å²) in [6.45, 7) is 1.77. The van der Waals surface area contributed by atoms with Crippen LogP contribution in [0.5, 0.6) is 11.5 Å². The standard InChI is InChI=1S/C21H20ClN3O6/c1-3-30-17-9-12(8-14(22)20(17)29-2)4-7-19(27)31-11-18(26)23-13-5-6-15-16(10-13)25-21(28)24-15/h4-10H,3,11H2,1-2H3,(H,23,26)(H2,24,25,28). The molecule has 31 heavy (non-hydrogen) atoms. The minimum absolute atomic E-state index is 0.335. The Morgan fingerprint density at radius 2 is 1.94 bits per heavy atom. The first-order valence-corrected chi connectivity index (χ1v) is 9.64. The van der Waals surface area contributed by atoms with Crippen molar-refractivity contribution in [3.05, 3.63) is 57.5 Å². The molecule has 0 unspecified atom stereocenters. The number of anilines is 1. The Morgan fingerprint density at radius 1 is 1.16 bits per heavy atom. The maximum absolute atomic E-state index is 12.0. The van der Waals surface area contributed by atoms with Gasteiger partial charge in [0.25, 0.3) is 5.91 Å². The molecule has 3 N–H and O–H groups in total. The van der Waals surface area contributed by atoms with E-state index in [0.29, 0.717) is 45.4 Å². The summed E-state index contributed by atoms with van der Waals surface area (Å²) >= 11 is 6.17. The molecule has 1 heterocycles. The van der Waals surface area contributed by atoms with Crippen molar-refractivity contribution in [1.29, 1.82) is 0 Å². The van der Waals surface area contributed by atoms with Gasteiger partial charge in [0, 0.05) is 11.8 Å². The van der Waals surface area contributed by atoms with E-state index >= 15 is 0 Å². The van der Waals surface area contributed by atoms with Crippen LogP contribution in [0.15, 0.2) is 41.2 Å². The summed E-state index contributed by atoms with van der Waals surface area (Å²) in [5, 5.41) is 2.92. The number of hydrogen-bond acceptors (Lipinski definition) is 6. The fourth-order valence-electron chi connectivity index (χ4n) is 2.80. The van der Waals surface area contributed by atoms with Gasteiger partial charge in [-0.05, 0) is 48.9 Å². The minimum atomic E-state index is -0.703. The summed E-state index contributed by atoms with van der Waals surface area (Å²) in [7, 11) is 1.48. The quantitative estimate of drug-likeness (QED) is 0.361. The average Bonchev–Trinajstić information content (AvgIpc) is 3.10. The molecule has 162 valence electrons. The highest BCUT2D eigenvalue weighted by Gasteiger charge is 2.11. The second-order valence-electron chi connectivity index (χ2n) is 6.30. The lowest BCUT2D eigenvalue weighted by Crippen LogP contribution is -2.20. The van der Waals surface area contributed by atoms with E-state index in [1.54, 1.807) is 30.3 Å². The lowest BCUT2D eigenvalue weighted by Gasteiger charge is -2.11. The molecule has 0 aliphatic carbocycles. The van der Waals surface area contributed by atoms with Crippen LogP contribution < -0.4 is 20.5 Å². The van der Waals surface area contributed by atoms with Gasteiger partial charge in [-0.1, -0.05) is 11.6 Å². The zero-order valence-electron chi connectivity index (χ0n) is 16.8. The number of esters is 1. The monoisotopic (exact) mass is 445 g/mol. The smallest absolute Gasteiger partial charge is 0.331 e. The van der Waals surface area contributed by atoms with Gasteiger partial charge in [0.15, 0.2) is 18.1 Å². The van der Waals surface area contributed by atoms with Crippen LogP contribution in [-0.4, -0.2) is 42.2 Å². The van der Waals surface area contributed by atoms with Gasteiger partial charge in [0.2, 0.25) is 0 Å². The molecular formula is C21H20ClN3O6. The molecule has 0 spiro atoms. The largest absolute Gasteiger partial charge is 0.491 e. The Morgan fingerprint density at radius 3 is 2.68 bits per heavy atom. The van der Waals surface area contributed by atoms with Gasteiger partial charge in [-0.3, -0.25) is 4.79 Å². The SMILES string of the molecule is CCOc1cc(C=CC(=O)OCC(=O)Nc2ccc3[nH]c(=O)[nH]c3c2)cc(Cl)c1OC. The van der Waals surface area contributed by atoms with E-state index in [1.165, 1.54) is 19.3 Å². The molecule has 2 aromatic carbocycles. The number of nitrogens with one attached hydrogen (secondary N) is 3. The molecule has 0 atom stereocenters. The van der Waals surface area contributed by atoms with Gasteiger partial charge in [0.1, 0.15) is 0 Å². The molecule has 1 amide bonds. The zero-order valence-corrected chi connectivity index (χ0v) is 17.5. The predicted molar refractivity (Wildman–Crippen MR) is 117 cm³/mol. The molecule has 0 bridgehead atoms. The van der Waals surface area contributed by atoms with Crippen molar-refractivity contribution in [3.63, 3.8) is 0 Å². The van der Waals surface area contributed by atoms with E-state index < -0.39 is 18.5 Å². The Bertz CT molecular complexity index is 1200. The molecule has 3 rings (SSSR count). The van der Waals surface area contributed by atoms with E-state index in [4.69, 9.17) is 25.8 Å². The number of imidazole rings is 1. The third-order valence-corrected chi connectivity index (χ3v) is 4.37. The summed E-state index contributed by atoms with van der Waals surface area (Å²) in [5.41, 5.74) is 1.88. The molecule has 9 nitrogen and oxygen atoms in total. The first-order chi connectivity index (χ1) is 14.9. The molecule has 1 aromatic heterocycles. The van der Waals surface area contributed by atoms with Crippen molar-refractivity contribution >= 4 is 46.3 Å². The normalized spacial score (nSPS) is 10.9. The predicted octanol–water partition coefficient (Wildman–Crippen LogP) is 3.11. The van der Waals surface area contributed by atoms with E-state index in [9.17, 15) is 14.4 Å². The maximum atomic E-state index is 12.0. The first-order valence-electron chi connectivity index (χ1n) is 9.26. The number of aromatic amines is 2. The molecule has 0 saturated carbocycles. The Hall–Kier alpha value is -3.72. The molecule has 0 aliphatic heterocycles. The fraction of sp³-hybridized carbons (Fsp3) is 0.190. The maximum Gasteiger partial charge on any atom is 0.331 e. The third-order valence-electron chi connectivity index (χ3n) is 4.09. The highest BCUT2D eigenvalue weighted by atomic mass is 35.5. The molecule has 0 aliphatic rings. The van der Waals surface area contributed by atoms with Gasteiger partial charge in [0.05, 0.1) is 29.8 Å². The molecule has 0 fully saturated rings. The highest BCUT2D eigenvalue weighted by molar-refractivity contribution is 6.32. The van der Waals surface area contributed by atoms with Gasteiger partial charge < -0.3 is 29.5 Å². The van der Waals surface area contributed by atoms with Gasteiger partial charge in [-0.25, -0.2) is 9.59 Å². The van der Waals surface area contributed by atoms with E-state index in [2.05, 4.69) is 15.3 Å². The molecule has 10 heteroatoms. The van der Waals surface area contributed by atoms with Crippen molar-refractivity contribution in [2.24, 2.45) is 0 Å². The van der Waals surface area contributed by atoms with Crippen LogP contribution in [0.3, 0.4) is 0 Å². The Labute approximate surface area is 182 Å². The summed E-state index contributed by atoms with van der Waals surface area (Å²) in [6.07, 6.45) is 2.67. The number of H-pyrrole nitrogens is 2. The van der Waals surface area contributed by atoms with Crippen molar-refractivity contribution in [2.75, 3.05) is 25.6 Å². The van der Waals surface area contributed by atoms with Crippen LogP contribution in [0.25, 0.3) is 17.1 Å². The van der Waals surface area contributed by atoms with Crippen LogP contribution in [-0.2, 0) is 14.3 Å². The number of methoxy groups -OCH3 is 1. The topological polar surface area (TPSA) is 123 Å². The average molecular weight is 446 g/mol. The second kappa shape index (κ2) is 9.86. The summed E-state index contributed by atoms with van der Waals surface area (Å²) in [5.74, 6) is -0.372. The lowest BCUT2D eigenvalue weighted by atomic mass is 10.2. The first kappa shape index (κ1) is 22.0. The zero-order chi connectivity index (χ0) is 22.4. The van der Waals surface area contributed by atoms with Crippen LogP contribution in [0.2, 0.25) is 5.02 Å². The number of fused-ring (bicyclic) bond motifs is 1. The van der Waals surface area contributed by atoms with Crippen molar-refractivity contribution in [3.8, 4) is 11.5 Å². The number of benzene rings is 2. The third kappa shape index (κ3) is 5.67. The lowest BCUT2D eigenvalue weighted by molar-refractivity contribution is -0.142. The molecular weight excluding hydrogens is 426 g/mol. The van der Waals surface area contributed by atoms with Crippen molar-refractivity contribution in [1.82, 2.24) is 9.97 Å². The van der Waals surface area contributed by atoms with Gasteiger partial charge in [-0.2, -0.15) is 0 Å².